The second kappa shape index (κ2) is 5.36. The van der Waals surface area contributed by atoms with Crippen molar-refractivity contribution in [3.8, 4) is 11.4 Å². The molecule has 18 heavy (non-hydrogen) atoms. The molecule has 1 aromatic heterocycles. The lowest BCUT2D eigenvalue weighted by Gasteiger charge is -2.08. The third-order valence-corrected chi connectivity index (χ3v) is 3.92. The van der Waals surface area contributed by atoms with Crippen molar-refractivity contribution in [3.05, 3.63) is 38.3 Å². The molecule has 2 N–H and O–H groups in total. The number of nitrogen functional groups attached to an aromatic ring is 1. The first kappa shape index (κ1) is 13.5. The highest BCUT2D eigenvalue weighted by molar-refractivity contribution is 14.1. The van der Waals surface area contributed by atoms with Crippen LogP contribution in [0.1, 0.15) is 12.6 Å². The van der Waals surface area contributed by atoms with Crippen molar-refractivity contribution >= 4 is 40.0 Å². The molecule has 6 heteroatoms. The standard InChI is InChI=1S/C12H10ClFIN3/c1-2-9-10(15)11(16)18-12(17-9)6-3-4-8(14)7(13)5-6/h3-5H,2H2,1H3,(H2,16,17,18). The summed E-state index contributed by atoms with van der Waals surface area (Å²) in [6.07, 6.45) is 0.757. The minimum absolute atomic E-state index is 0.0475. The molecule has 0 bridgehead atoms. The number of aryl methyl sites for hydroxylation is 1. The third kappa shape index (κ3) is 2.56. The Morgan fingerprint density at radius 2 is 2.11 bits per heavy atom. The van der Waals surface area contributed by atoms with Gasteiger partial charge in [0.1, 0.15) is 11.6 Å². The van der Waals surface area contributed by atoms with E-state index < -0.39 is 5.82 Å². The van der Waals surface area contributed by atoms with Crippen molar-refractivity contribution in [2.75, 3.05) is 5.73 Å². The fourth-order valence-electron chi connectivity index (χ4n) is 1.51. The number of hydrogen-bond donors (Lipinski definition) is 1. The Morgan fingerprint density at radius 1 is 1.39 bits per heavy atom. The van der Waals surface area contributed by atoms with Crippen LogP contribution < -0.4 is 5.73 Å². The topological polar surface area (TPSA) is 51.8 Å². The van der Waals surface area contributed by atoms with Crippen LogP contribution in [0.3, 0.4) is 0 Å². The maximum absolute atomic E-state index is 13.1. The van der Waals surface area contributed by atoms with Gasteiger partial charge in [0.25, 0.3) is 0 Å². The molecule has 0 atom stereocenters. The highest BCUT2D eigenvalue weighted by Crippen LogP contribution is 2.25. The molecule has 0 aliphatic heterocycles. The Morgan fingerprint density at radius 3 is 2.72 bits per heavy atom. The van der Waals surface area contributed by atoms with E-state index in [9.17, 15) is 4.39 Å². The van der Waals surface area contributed by atoms with Gasteiger partial charge in [-0.1, -0.05) is 18.5 Å². The minimum Gasteiger partial charge on any atom is -0.383 e. The summed E-state index contributed by atoms with van der Waals surface area (Å²) < 4.78 is 14.0. The maximum atomic E-state index is 13.1. The Kier molecular flexibility index (Phi) is 4.01. The predicted molar refractivity (Wildman–Crippen MR) is 78.9 cm³/mol. The zero-order chi connectivity index (χ0) is 13.3. The predicted octanol–water partition coefficient (Wildman–Crippen LogP) is 3.69. The Balaban J connectivity index is 2.57. The molecule has 0 fully saturated rings. The summed E-state index contributed by atoms with van der Waals surface area (Å²) >= 11 is 7.86. The summed E-state index contributed by atoms with van der Waals surface area (Å²) in [7, 11) is 0. The number of rotatable bonds is 2. The van der Waals surface area contributed by atoms with Gasteiger partial charge in [-0.3, -0.25) is 0 Å². The van der Waals surface area contributed by atoms with E-state index in [0.29, 0.717) is 17.2 Å². The molecule has 1 heterocycles. The number of aromatic nitrogens is 2. The Labute approximate surface area is 123 Å². The largest absolute Gasteiger partial charge is 0.383 e. The molecular weight excluding hydrogens is 368 g/mol. The van der Waals surface area contributed by atoms with E-state index in [2.05, 4.69) is 32.6 Å². The number of halogens is 3. The average molecular weight is 378 g/mol. The number of nitrogens with two attached hydrogens (primary N) is 1. The lowest BCUT2D eigenvalue weighted by Crippen LogP contribution is -2.04. The van der Waals surface area contributed by atoms with Crippen LogP contribution in [-0.2, 0) is 6.42 Å². The second-order valence-electron chi connectivity index (χ2n) is 3.68. The quantitative estimate of drug-likeness (QED) is 0.812. The Hall–Kier alpha value is -0.950. The average Bonchev–Trinajstić information content (AvgIpc) is 2.36. The van der Waals surface area contributed by atoms with Gasteiger partial charge < -0.3 is 5.73 Å². The fourth-order valence-corrected chi connectivity index (χ4v) is 2.31. The summed E-state index contributed by atoms with van der Waals surface area (Å²) in [6.45, 7) is 1.99. The fraction of sp³-hybridized carbons (Fsp3) is 0.167. The van der Waals surface area contributed by atoms with Gasteiger partial charge in [-0.2, -0.15) is 0 Å². The number of anilines is 1. The smallest absolute Gasteiger partial charge is 0.161 e. The minimum atomic E-state index is -0.463. The van der Waals surface area contributed by atoms with Gasteiger partial charge in [0, 0.05) is 5.56 Å². The van der Waals surface area contributed by atoms with E-state index in [0.717, 1.165) is 15.7 Å². The SMILES string of the molecule is CCc1nc(-c2ccc(F)c(Cl)c2)nc(N)c1I. The van der Waals surface area contributed by atoms with Crippen molar-refractivity contribution in [2.45, 2.75) is 13.3 Å². The van der Waals surface area contributed by atoms with Crippen LogP contribution in [0, 0.1) is 9.39 Å². The summed E-state index contributed by atoms with van der Waals surface area (Å²) in [4.78, 5) is 8.61. The van der Waals surface area contributed by atoms with Gasteiger partial charge in [0.15, 0.2) is 5.82 Å². The van der Waals surface area contributed by atoms with E-state index >= 15 is 0 Å². The second-order valence-corrected chi connectivity index (χ2v) is 5.16. The summed E-state index contributed by atoms with van der Waals surface area (Å²) in [6, 6.07) is 4.38. The van der Waals surface area contributed by atoms with Crippen LogP contribution in [0.2, 0.25) is 5.02 Å². The molecule has 0 spiro atoms. The summed E-state index contributed by atoms with van der Waals surface area (Å²) in [5.74, 6) is 0.430. The van der Waals surface area contributed by atoms with Crippen LogP contribution in [0.4, 0.5) is 10.2 Å². The van der Waals surface area contributed by atoms with Gasteiger partial charge in [0.2, 0.25) is 0 Å². The molecule has 0 aliphatic rings. The summed E-state index contributed by atoms with van der Waals surface area (Å²) in [5, 5.41) is 0.0475. The van der Waals surface area contributed by atoms with Crippen molar-refractivity contribution in [1.29, 1.82) is 0 Å². The molecule has 1 aromatic carbocycles. The number of nitrogens with zero attached hydrogens (tertiary/aromatic N) is 2. The van der Waals surface area contributed by atoms with E-state index in [1.807, 2.05) is 6.92 Å². The summed E-state index contributed by atoms with van der Waals surface area (Å²) in [5.41, 5.74) is 7.36. The number of hydrogen-bond acceptors (Lipinski definition) is 3. The molecule has 94 valence electrons. The molecule has 0 radical (unpaired) electrons. The van der Waals surface area contributed by atoms with Crippen LogP contribution in [-0.4, -0.2) is 9.97 Å². The van der Waals surface area contributed by atoms with Crippen LogP contribution in [0.15, 0.2) is 18.2 Å². The van der Waals surface area contributed by atoms with E-state index in [-0.39, 0.29) is 5.02 Å². The monoisotopic (exact) mass is 377 g/mol. The lowest BCUT2D eigenvalue weighted by atomic mass is 10.2. The first-order valence-corrected chi connectivity index (χ1v) is 6.76. The van der Waals surface area contributed by atoms with Crippen LogP contribution >= 0.6 is 34.2 Å². The van der Waals surface area contributed by atoms with Gasteiger partial charge in [-0.05, 0) is 47.2 Å². The normalized spacial score (nSPS) is 10.7. The molecule has 2 aromatic rings. The van der Waals surface area contributed by atoms with Crippen molar-refractivity contribution < 1.29 is 4.39 Å². The van der Waals surface area contributed by atoms with Gasteiger partial charge in [0.05, 0.1) is 14.3 Å². The van der Waals surface area contributed by atoms with Crippen LogP contribution in [0.5, 0.6) is 0 Å². The molecule has 3 nitrogen and oxygen atoms in total. The Bertz CT molecular complexity index is 604. The molecule has 0 saturated carbocycles. The van der Waals surface area contributed by atoms with Crippen molar-refractivity contribution in [1.82, 2.24) is 9.97 Å². The molecule has 0 aliphatic carbocycles. The van der Waals surface area contributed by atoms with Gasteiger partial charge >= 0.3 is 0 Å². The molecule has 0 amide bonds. The molecule has 0 saturated heterocycles. The highest BCUT2D eigenvalue weighted by atomic mass is 127. The van der Waals surface area contributed by atoms with E-state index in [1.165, 1.54) is 12.1 Å². The van der Waals surface area contributed by atoms with E-state index in [4.69, 9.17) is 17.3 Å². The first-order chi connectivity index (χ1) is 8.52. The molecule has 2 rings (SSSR count). The zero-order valence-electron chi connectivity index (χ0n) is 9.54. The zero-order valence-corrected chi connectivity index (χ0v) is 12.5. The van der Waals surface area contributed by atoms with Gasteiger partial charge in [-0.25, -0.2) is 14.4 Å². The van der Waals surface area contributed by atoms with Crippen molar-refractivity contribution in [2.24, 2.45) is 0 Å². The maximum Gasteiger partial charge on any atom is 0.161 e. The first-order valence-electron chi connectivity index (χ1n) is 5.30. The molecule has 0 unspecified atom stereocenters. The van der Waals surface area contributed by atoms with Crippen LogP contribution in [0.25, 0.3) is 11.4 Å². The number of benzene rings is 1. The lowest BCUT2D eigenvalue weighted by molar-refractivity contribution is 0.628. The van der Waals surface area contributed by atoms with Crippen molar-refractivity contribution in [3.63, 3.8) is 0 Å². The third-order valence-electron chi connectivity index (χ3n) is 2.46. The molecular formula is C12H10ClFIN3. The van der Waals surface area contributed by atoms with E-state index in [1.54, 1.807) is 6.07 Å². The van der Waals surface area contributed by atoms with Gasteiger partial charge in [-0.15, -0.1) is 0 Å². The highest BCUT2D eigenvalue weighted by Gasteiger charge is 2.11.